The average Bonchev–Trinajstić information content (AvgIpc) is 2.37. The van der Waals surface area contributed by atoms with Gasteiger partial charge < -0.3 is 9.47 Å². The van der Waals surface area contributed by atoms with Crippen LogP contribution in [0, 0.1) is 0 Å². The van der Waals surface area contributed by atoms with E-state index in [1.54, 1.807) is 6.92 Å². The average molecular weight is 270 g/mol. The maximum absolute atomic E-state index is 11.5. The second kappa shape index (κ2) is 9.82. The van der Waals surface area contributed by atoms with Crippen LogP contribution in [0.5, 0.6) is 0 Å². The molecule has 0 saturated carbocycles. The van der Waals surface area contributed by atoms with Crippen molar-refractivity contribution in [3.05, 3.63) is 0 Å². The number of carbonyl (C=O) groups is 2. The first kappa shape index (κ1) is 16.0. The molecule has 1 fully saturated rings. The molecule has 1 rings (SSSR count). The summed E-state index contributed by atoms with van der Waals surface area (Å²) in [7, 11) is 0. The molecule has 0 aromatic rings. The third-order valence-corrected chi connectivity index (χ3v) is 3.32. The topological polar surface area (TPSA) is 52.6 Å². The fourth-order valence-electron chi connectivity index (χ4n) is 2.20. The van der Waals surface area contributed by atoms with E-state index in [0.29, 0.717) is 12.8 Å². The van der Waals surface area contributed by atoms with Crippen molar-refractivity contribution in [3.63, 3.8) is 0 Å². The van der Waals surface area contributed by atoms with Crippen LogP contribution in [0.1, 0.15) is 71.1 Å². The minimum Gasteiger partial charge on any atom is -0.462 e. The van der Waals surface area contributed by atoms with Gasteiger partial charge in [0.25, 0.3) is 0 Å². The number of hydrogen-bond donors (Lipinski definition) is 0. The molecule has 1 heterocycles. The standard InChI is InChI=1S/C15H26O4/c1-13-12-18-14(16)10-8-6-4-2-3-5-7-9-11-15(17)19-13/h13H,2-12H2,1H3. The van der Waals surface area contributed by atoms with Crippen LogP contribution in [0.25, 0.3) is 0 Å². The molecular formula is C15H26O4. The van der Waals surface area contributed by atoms with Gasteiger partial charge in [0.15, 0.2) is 0 Å². The summed E-state index contributed by atoms with van der Waals surface area (Å²) < 4.78 is 10.3. The van der Waals surface area contributed by atoms with E-state index in [0.717, 1.165) is 25.7 Å². The lowest BCUT2D eigenvalue weighted by Crippen LogP contribution is -2.22. The highest BCUT2D eigenvalue weighted by Crippen LogP contribution is 2.12. The van der Waals surface area contributed by atoms with Crippen LogP contribution < -0.4 is 0 Å². The molecule has 0 aromatic heterocycles. The monoisotopic (exact) mass is 270 g/mol. The quantitative estimate of drug-likeness (QED) is 0.633. The van der Waals surface area contributed by atoms with Crippen molar-refractivity contribution in [1.82, 2.24) is 0 Å². The van der Waals surface area contributed by atoms with Gasteiger partial charge in [-0.15, -0.1) is 0 Å². The third-order valence-electron chi connectivity index (χ3n) is 3.32. The number of cyclic esters (lactones) is 2. The summed E-state index contributed by atoms with van der Waals surface area (Å²) >= 11 is 0. The van der Waals surface area contributed by atoms with E-state index in [4.69, 9.17) is 9.47 Å². The van der Waals surface area contributed by atoms with Crippen LogP contribution in [-0.2, 0) is 19.1 Å². The van der Waals surface area contributed by atoms with Crippen molar-refractivity contribution in [2.45, 2.75) is 77.2 Å². The molecule has 1 unspecified atom stereocenters. The molecule has 0 spiro atoms. The Balaban J connectivity index is 2.32. The highest BCUT2D eigenvalue weighted by atomic mass is 16.6. The zero-order valence-corrected chi connectivity index (χ0v) is 12.0. The van der Waals surface area contributed by atoms with E-state index in [9.17, 15) is 9.59 Å². The maximum Gasteiger partial charge on any atom is 0.306 e. The van der Waals surface area contributed by atoms with Crippen LogP contribution in [-0.4, -0.2) is 24.6 Å². The normalized spacial score (nSPS) is 25.4. The molecule has 0 bridgehead atoms. The Morgan fingerprint density at radius 3 is 1.84 bits per heavy atom. The highest BCUT2D eigenvalue weighted by molar-refractivity contribution is 5.70. The van der Waals surface area contributed by atoms with Gasteiger partial charge in [0.2, 0.25) is 0 Å². The van der Waals surface area contributed by atoms with Gasteiger partial charge in [-0.2, -0.15) is 0 Å². The Kier molecular flexibility index (Phi) is 8.26. The summed E-state index contributed by atoms with van der Waals surface area (Å²) in [5.74, 6) is -0.370. The first-order chi connectivity index (χ1) is 9.18. The predicted molar refractivity (Wildman–Crippen MR) is 72.7 cm³/mol. The highest BCUT2D eigenvalue weighted by Gasteiger charge is 2.12. The van der Waals surface area contributed by atoms with Gasteiger partial charge in [-0.3, -0.25) is 9.59 Å². The van der Waals surface area contributed by atoms with E-state index >= 15 is 0 Å². The van der Waals surface area contributed by atoms with Gasteiger partial charge in [0.05, 0.1) is 0 Å². The van der Waals surface area contributed by atoms with Gasteiger partial charge in [0.1, 0.15) is 12.7 Å². The zero-order valence-electron chi connectivity index (χ0n) is 12.0. The van der Waals surface area contributed by atoms with Crippen molar-refractivity contribution >= 4 is 11.9 Å². The lowest BCUT2D eigenvalue weighted by molar-refractivity contribution is -0.158. The Labute approximate surface area is 115 Å². The number of hydrogen-bond acceptors (Lipinski definition) is 4. The van der Waals surface area contributed by atoms with Crippen LogP contribution in [0.3, 0.4) is 0 Å². The summed E-state index contributed by atoms with van der Waals surface area (Å²) in [6.07, 6.45) is 9.39. The van der Waals surface area contributed by atoms with Crippen LogP contribution >= 0.6 is 0 Å². The van der Waals surface area contributed by atoms with E-state index in [1.165, 1.54) is 25.7 Å². The molecule has 0 aromatic carbocycles. The zero-order chi connectivity index (χ0) is 13.9. The molecule has 0 amide bonds. The maximum atomic E-state index is 11.5. The summed E-state index contributed by atoms with van der Waals surface area (Å²) in [5, 5.41) is 0. The molecule has 0 N–H and O–H groups in total. The van der Waals surface area contributed by atoms with Crippen molar-refractivity contribution in [3.8, 4) is 0 Å². The van der Waals surface area contributed by atoms with Crippen molar-refractivity contribution in [2.75, 3.05) is 6.61 Å². The van der Waals surface area contributed by atoms with E-state index in [1.807, 2.05) is 0 Å². The Morgan fingerprint density at radius 2 is 1.26 bits per heavy atom. The Hall–Kier alpha value is -1.06. The lowest BCUT2D eigenvalue weighted by Gasteiger charge is -2.14. The molecule has 110 valence electrons. The number of rotatable bonds is 0. The largest absolute Gasteiger partial charge is 0.462 e. The van der Waals surface area contributed by atoms with Crippen molar-refractivity contribution in [1.29, 1.82) is 0 Å². The van der Waals surface area contributed by atoms with Gasteiger partial charge in [0, 0.05) is 12.8 Å². The fraction of sp³-hybridized carbons (Fsp3) is 0.867. The minimum atomic E-state index is -0.343. The lowest BCUT2D eigenvalue weighted by atomic mass is 10.1. The van der Waals surface area contributed by atoms with Gasteiger partial charge in [-0.25, -0.2) is 0 Å². The SMILES string of the molecule is CC1COC(=O)CCCCCCCCCCC(=O)O1. The molecule has 1 atom stereocenters. The Morgan fingerprint density at radius 1 is 0.789 bits per heavy atom. The molecule has 0 radical (unpaired) electrons. The first-order valence-electron chi connectivity index (χ1n) is 7.53. The second-order valence-corrected chi connectivity index (χ2v) is 5.31. The second-order valence-electron chi connectivity index (χ2n) is 5.31. The first-order valence-corrected chi connectivity index (χ1v) is 7.53. The van der Waals surface area contributed by atoms with Crippen LogP contribution in [0.15, 0.2) is 0 Å². The molecular weight excluding hydrogens is 244 g/mol. The number of carbonyl (C=O) groups excluding carboxylic acids is 2. The van der Waals surface area contributed by atoms with E-state index in [-0.39, 0.29) is 24.6 Å². The van der Waals surface area contributed by atoms with Crippen LogP contribution in [0.2, 0.25) is 0 Å². The summed E-state index contributed by atoms with van der Waals surface area (Å²) in [5.41, 5.74) is 0. The van der Waals surface area contributed by atoms with Crippen molar-refractivity contribution < 1.29 is 19.1 Å². The third kappa shape index (κ3) is 8.62. The smallest absolute Gasteiger partial charge is 0.306 e. The molecule has 4 nitrogen and oxygen atoms in total. The van der Waals surface area contributed by atoms with E-state index in [2.05, 4.69) is 0 Å². The molecule has 1 aliphatic heterocycles. The number of esters is 2. The fourth-order valence-corrected chi connectivity index (χ4v) is 2.20. The number of ether oxygens (including phenoxy) is 2. The van der Waals surface area contributed by atoms with Gasteiger partial charge in [-0.1, -0.05) is 38.5 Å². The summed E-state index contributed by atoms with van der Waals surface area (Å²) in [6, 6.07) is 0. The van der Waals surface area contributed by atoms with Gasteiger partial charge in [-0.05, 0) is 19.8 Å². The molecule has 1 aliphatic rings. The Bertz CT molecular complexity index is 275. The van der Waals surface area contributed by atoms with Gasteiger partial charge >= 0.3 is 11.9 Å². The summed E-state index contributed by atoms with van der Waals surface area (Å²) in [4.78, 5) is 22.9. The van der Waals surface area contributed by atoms with Crippen LogP contribution in [0.4, 0.5) is 0 Å². The molecule has 1 saturated heterocycles. The molecule has 4 heteroatoms. The van der Waals surface area contributed by atoms with E-state index < -0.39 is 0 Å². The minimum absolute atomic E-state index is 0.171. The summed E-state index contributed by atoms with van der Waals surface area (Å²) in [6.45, 7) is 1.93. The molecule has 0 aliphatic carbocycles. The molecule has 19 heavy (non-hydrogen) atoms. The van der Waals surface area contributed by atoms with Crippen molar-refractivity contribution in [2.24, 2.45) is 0 Å². The predicted octanol–water partition coefficient (Wildman–Crippen LogP) is 3.38.